The molecule has 6 nitrogen and oxygen atoms in total. The van der Waals surface area contributed by atoms with Crippen molar-refractivity contribution >= 4 is 12.0 Å². The highest BCUT2D eigenvalue weighted by Gasteiger charge is 2.25. The highest BCUT2D eigenvalue weighted by molar-refractivity contribution is 5.68. The van der Waals surface area contributed by atoms with Gasteiger partial charge in [-0.1, -0.05) is 29.8 Å². The predicted molar refractivity (Wildman–Crippen MR) is 98.0 cm³/mol. The van der Waals surface area contributed by atoms with E-state index in [2.05, 4.69) is 9.97 Å². The topological polar surface area (TPSA) is 58.6 Å². The molecule has 0 N–H and O–H groups in total. The van der Waals surface area contributed by atoms with Gasteiger partial charge in [0.15, 0.2) is 0 Å². The van der Waals surface area contributed by atoms with E-state index in [9.17, 15) is 13.6 Å². The summed E-state index contributed by atoms with van der Waals surface area (Å²) < 4.78 is 31.7. The van der Waals surface area contributed by atoms with Gasteiger partial charge in [-0.05, 0) is 19.9 Å². The highest BCUT2D eigenvalue weighted by Crippen LogP contribution is 2.26. The summed E-state index contributed by atoms with van der Waals surface area (Å²) in [4.78, 5) is 23.7. The van der Waals surface area contributed by atoms with Gasteiger partial charge >= 0.3 is 6.09 Å². The maximum absolute atomic E-state index is 13.3. The molecule has 2 aromatic rings. The fraction of sp³-hybridized carbons (Fsp3) is 0.421. The van der Waals surface area contributed by atoms with Gasteiger partial charge in [-0.15, -0.1) is 0 Å². The number of halogens is 2. The molecular weight excluding hydrogens is 354 g/mol. The maximum atomic E-state index is 13.3. The molecular formula is C19H22F2N4O2. The average molecular weight is 376 g/mol. The molecule has 2 heterocycles. The number of anilines is 1. The SMILES string of the molecule is CCOC(=O)N1CCN(c2nc(-c3ccc(C)cc3)cc(C(F)F)n2)CC1. The number of piperazine rings is 1. The summed E-state index contributed by atoms with van der Waals surface area (Å²) >= 11 is 0. The van der Waals surface area contributed by atoms with E-state index in [1.54, 1.807) is 11.8 Å². The van der Waals surface area contributed by atoms with Crippen molar-refractivity contribution in [2.45, 2.75) is 20.3 Å². The standard InChI is InChI=1S/C19H22F2N4O2/c1-3-27-19(26)25-10-8-24(9-11-25)18-22-15(12-16(23-18)17(20)21)14-6-4-13(2)5-7-14/h4-7,12,17H,3,8-11H2,1-2H3. The minimum atomic E-state index is -2.68. The van der Waals surface area contributed by atoms with E-state index in [1.165, 1.54) is 6.07 Å². The van der Waals surface area contributed by atoms with Gasteiger partial charge in [0.25, 0.3) is 6.43 Å². The Hall–Kier alpha value is -2.77. The molecule has 0 atom stereocenters. The van der Waals surface area contributed by atoms with E-state index >= 15 is 0 Å². The van der Waals surface area contributed by atoms with Crippen molar-refractivity contribution in [2.75, 3.05) is 37.7 Å². The molecule has 8 heteroatoms. The molecule has 1 aromatic heterocycles. The summed E-state index contributed by atoms with van der Waals surface area (Å²) in [6.07, 6.45) is -3.04. The molecule has 1 aliphatic heterocycles. The van der Waals surface area contributed by atoms with Gasteiger partial charge in [-0.2, -0.15) is 0 Å². The molecule has 1 amide bonds. The number of hydrogen-bond donors (Lipinski definition) is 0. The Labute approximate surface area is 156 Å². The highest BCUT2D eigenvalue weighted by atomic mass is 19.3. The fourth-order valence-corrected chi connectivity index (χ4v) is 2.88. The maximum Gasteiger partial charge on any atom is 0.409 e. The number of aryl methyl sites for hydroxylation is 1. The number of alkyl halides is 2. The quantitative estimate of drug-likeness (QED) is 0.815. The molecule has 1 aliphatic rings. The van der Waals surface area contributed by atoms with Crippen LogP contribution in [-0.2, 0) is 4.74 Å². The van der Waals surface area contributed by atoms with Crippen LogP contribution in [0, 0.1) is 6.92 Å². The molecule has 0 aliphatic carbocycles. The number of benzene rings is 1. The van der Waals surface area contributed by atoms with Gasteiger partial charge in [0.2, 0.25) is 5.95 Å². The Kier molecular flexibility index (Phi) is 5.83. The molecule has 144 valence electrons. The van der Waals surface area contributed by atoms with Gasteiger partial charge in [0.1, 0.15) is 5.69 Å². The molecule has 1 aromatic carbocycles. The number of aromatic nitrogens is 2. The number of carbonyl (C=O) groups excluding carboxylic acids is 1. The van der Waals surface area contributed by atoms with Crippen LogP contribution < -0.4 is 4.90 Å². The first kappa shape index (κ1) is 19.0. The molecule has 3 rings (SSSR count). The molecule has 0 spiro atoms. The van der Waals surface area contributed by atoms with Crippen molar-refractivity contribution in [1.29, 1.82) is 0 Å². The number of carbonyl (C=O) groups is 1. The number of nitrogens with zero attached hydrogens (tertiary/aromatic N) is 4. The third-order valence-corrected chi connectivity index (χ3v) is 4.39. The van der Waals surface area contributed by atoms with Gasteiger partial charge in [-0.25, -0.2) is 23.5 Å². The Morgan fingerprint density at radius 2 is 1.81 bits per heavy atom. The van der Waals surface area contributed by atoms with Crippen LogP contribution in [0.15, 0.2) is 30.3 Å². The lowest BCUT2D eigenvalue weighted by Gasteiger charge is -2.34. The molecule has 0 bridgehead atoms. The van der Waals surface area contributed by atoms with Crippen LogP contribution in [0.1, 0.15) is 24.6 Å². The monoisotopic (exact) mass is 376 g/mol. The lowest BCUT2D eigenvalue weighted by Crippen LogP contribution is -2.49. The van der Waals surface area contributed by atoms with Gasteiger partial charge in [0, 0.05) is 31.7 Å². The second kappa shape index (κ2) is 8.28. The van der Waals surface area contributed by atoms with Crippen molar-refractivity contribution in [2.24, 2.45) is 0 Å². The fourth-order valence-electron chi connectivity index (χ4n) is 2.88. The third kappa shape index (κ3) is 4.50. The first-order valence-corrected chi connectivity index (χ1v) is 8.88. The molecule has 0 unspecified atom stereocenters. The van der Waals surface area contributed by atoms with E-state index in [1.807, 2.05) is 36.1 Å². The van der Waals surface area contributed by atoms with Crippen molar-refractivity contribution in [3.8, 4) is 11.3 Å². The van der Waals surface area contributed by atoms with E-state index in [4.69, 9.17) is 4.74 Å². The van der Waals surface area contributed by atoms with E-state index in [0.29, 0.717) is 38.5 Å². The molecule has 27 heavy (non-hydrogen) atoms. The normalized spacial score (nSPS) is 14.6. The van der Waals surface area contributed by atoms with Crippen LogP contribution in [0.5, 0.6) is 0 Å². The summed E-state index contributed by atoms with van der Waals surface area (Å²) in [5.74, 6) is 0.256. The molecule has 0 saturated carbocycles. The predicted octanol–water partition coefficient (Wildman–Crippen LogP) is 3.67. The summed E-state index contributed by atoms with van der Waals surface area (Å²) in [6.45, 7) is 5.81. The second-order valence-electron chi connectivity index (χ2n) is 6.32. The third-order valence-electron chi connectivity index (χ3n) is 4.39. The number of ether oxygens (including phenoxy) is 1. The van der Waals surface area contributed by atoms with Crippen molar-refractivity contribution < 1.29 is 18.3 Å². The van der Waals surface area contributed by atoms with Crippen LogP contribution in [0.25, 0.3) is 11.3 Å². The smallest absolute Gasteiger partial charge is 0.409 e. The number of hydrogen-bond acceptors (Lipinski definition) is 5. The average Bonchev–Trinajstić information content (AvgIpc) is 2.68. The van der Waals surface area contributed by atoms with E-state index in [0.717, 1.165) is 11.1 Å². The zero-order chi connectivity index (χ0) is 19.4. The Bertz CT molecular complexity index is 791. The summed E-state index contributed by atoms with van der Waals surface area (Å²) in [7, 11) is 0. The summed E-state index contributed by atoms with van der Waals surface area (Å²) in [6, 6.07) is 8.87. The minimum Gasteiger partial charge on any atom is -0.450 e. The van der Waals surface area contributed by atoms with Gasteiger partial charge < -0.3 is 14.5 Å². The van der Waals surface area contributed by atoms with Crippen LogP contribution in [-0.4, -0.2) is 53.7 Å². The van der Waals surface area contributed by atoms with Gasteiger partial charge in [0.05, 0.1) is 12.3 Å². The summed E-state index contributed by atoms with van der Waals surface area (Å²) in [5, 5.41) is 0. The summed E-state index contributed by atoms with van der Waals surface area (Å²) in [5.41, 5.74) is 2.00. The van der Waals surface area contributed by atoms with Crippen molar-refractivity contribution in [1.82, 2.24) is 14.9 Å². The van der Waals surface area contributed by atoms with Crippen molar-refractivity contribution in [3.05, 3.63) is 41.6 Å². The van der Waals surface area contributed by atoms with Crippen LogP contribution >= 0.6 is 0 Å². The zero-order valence-corrected chi connectivity index (χ0v) is 15.4. The van der Waals surface area contributed by atoms with E-state index < -0.39 is 6.43 Å². The first-order valence-electron chi connectivity index (χ1n) is 8.88. The van der Waals surface area contributed by atoms with E-state index in [-0.39, 0.29) is 17.7 Å². The van der Waals surface area contributed by atoms with Crippen LogP contribution in [0.2, 0.25) is 0 Å². The Morgan fingerprint density at radius 3 is 2.41 bits per heavy atom. The number of rotatable bonds is 4. The number of amides is 1. The first-order chi connectivity index (χ1) is 13.0. The Morgan fingerprint density at radius 1 is 1.15 bits per heavy atom. The van der Waals surface area contributed by atoms with Gasteiger partial charge in [-0.3, -0.25) is 0 Å². The molecule has 1 fully saturated rings. The largest absolute Gasteiger partial charge is 0.450 e. The lowest BCUT2D eigenvalue weighted by molar-refractivity contribution is 0.105. The second-order valence-corrected chi connectivity index (χ2v) is 6.32. The minimum absolute atomic E-state index is 0.256. The molecule has 1 saturated heterocycles. The zero-order valence-electron chi connectivity index (χ0n) is 15.4. The van der Waals surface area contributed by atoms with Crippen LogP contribution in [0.3, 0.4) is 0 Å². The van der Waals surface area contributed by atoms with Crippen LogP contribution in [0.4, 0.5) is 19.5 Å². The lowest BCUT2D eigenvalue weighted by atomic mass is 10.1. The molecule has 0 radical (unpaired) electrons. The Balaban J connectivity index is 1.83. The van der Waals surface area contributed by atoms with Crippen molar-refractivity contribution in [3.63, 3.8) is 0 Å².